The van der Waals surface area contributed by atoms with Crippen LogP contribution in [0.3, 0.4) is 0 Å². The Labute approximate surface area is 115 Å². The average Bonchev–Trinajstić information content (AvgIpc) is 2.83. The zero-order valence-electron chi connectivity index (χ0n) is 10.2. The fourth-order valence-electron chi connectivity index (χ4n) is 1.47. The second kappa shape index (κ2) is 5.62. The largest absolute Gasteiger partial charge is 0.479 e. The number of ketones is 1. The van der Waals surface area contributed by atoms with Crippen molar-refractivity contribution in [2.45, 2.75) is 6.92 Å². The van der Waals surface area contributed by atoms with E-state index in [0.29, 0.717) is 4.88 Å². The number of ether oxygens (including phenoxy) is 1. The highest BCUT2D eigenvalue weighted by Crippen LogP contribution is 2.26. The molecule has 0 fully saturated rings. The summed E-state index contributed by atoms with van der Waals surface area (Å²) in [5.74, 6) is -8.27. The maximum atomic E-state index is 13.3. The molecular formula is C13H8F4O2S. The van der Waals surface area contributed by atoms with Crippen LogP contribution in [-0.4, -0.2) is 12.4 Å². The number of thiophene rings is 1. The number of benzene rings is 1. The number of aryl methyl sites for hydroxylation is 1. The molecule has 2 rings (SSSR count). The molecule has 20 heavy (non-hydrogen) atoms. The highest BCUT2D eigenvalue weighted by Gasteiger charge is 2.21. The minimum atomic E-state index is -1.67. The summed E-state index contributed by atoms with van der Waals surface area (Å²) in [6.07, 6.45) is 0. The van der Waals surface area contributed by atoms with Gasteiger partial charge in [0, 0.05) is 10.9 Å². The van der Waals surface area contributed by atoms with Gasteiger partial charge >= 0.3 is 0 Å². The van der Waals surface area contributed by atoms with Crippen molar-refractivity contribution < 1.29 is 27.1 Å². The van der Waals surface area contributed by atoms with Crippen LogP contribution in [0, 0.1) is 30.2 Å². The highest BCUT2D eigenvalue weighted by molar-refractivity contribution is 7.14. The Kier molecular flexibility index (Phi) is 4.08. The first kappa shape index (κ1) is 14.5. The van der Waals surface area contributed by atoms with Crippen molar-refractivity contribution in [2.24, 2.45) is 0 Å². The van der Waals surface area contributed by atoms with Crippen LogP contribution in [0.4, 0.5) is 17.6 Å². The van der Waals surface area contributed by atoms with E-state index < -0.39 is 41.4 Å². The number of Topliss-reactive ketones (excluding diaryl/α,β-unsaturated/α-hetero) is 1. The lowest BCUT2D eigenvalue weighted by molar-refractivity contribution is 0.0918. The Morgan fingerprint density at radius 1 is 1.15 bits per heavy atom. The van der Waals surface area contributed by atoms with Gasteiger partial charge < -0.3 is 4.74 Å². The Morgan fingerprint density at radius 2 is 1.75 bits per heavy atom. The second-order valence-corrected chi connectivity index (χ2v) is 5.21. The number of hydrogen-bond donors (Lipinski definition) is 0. The number of rotatable bonds is 4. The molecule has 1 heterocycles. The van der Waals surface area contributed by atoms with Crippen molar-refractivity contribution in [3.8, 4) is 5.75 Å². The predicted octanol–water partition coefficient (Wildman–Crippen LogP) is 3.87. The van der Waals surface area contributed by atoms with Crippen LogP contribution < -0.4 is 4.74 Å². The van der Waals surface area contributed by atoms with Gasteiger partial charge in [0.1, 0.15) is 0 Å². The van der Waals surface area contributed by atoms with Crippen LogP contribution >= 0.6 is 11.3 Å². The van der Waals surface area contributed by atoms with Gasteiger partial charge in [-0.2, -0.15) is 8.78 Å². The fourth-order valence-corrected chi connectivity index (χ4v) is 2.26. The molecule has 0 spiro atoms. The third kappa shape index (κ3) is 2.82. The second-order valence-electron chi connectivity index (χ2n) is 3.92. The van der Waals surface area contributed by atoms with Gasteiger partial charge in [-0.3, -0.25) is 4.79 Å². The highest BCUT2D eigenvalue weighted by atomic mass is 32.1. The van der Waals surface area contributed by atoms with Gasteiger partial charge in [0.05, 0.1) is 4.88 Å². The molecule has 0 saturated carbocycles. The molecule has 2 aromatic rings. The zero-order valence-corrected chi connectivity index (χ0v) is 11.0. The molecule has 0 aliphatic rings. The molecule has 1 aromatic heterocycles. The summed E-state index contributed by atoms with van der Waals surface area (Å²) in [4.78, 5) is 12.9. The maximum absolute atomic E-state index is 13.3. The summed E-state index contributed by atoms with van der Waals surface area (Å²) < 4.78 is 57.0. The summed E-state index contributed by atoms with van der Waals surface area (Å²) in [5.41, 5.74) is 0. The van der Waals surface area contributed by atoms with Gasteiger partial charge in [-0.05, 0) is 19.1 Å². The van der Waals surface area contributed by atoms with Gasteiger partial charge in [-0.15, -0.1) is 11.3 Å². The lowest BCUT2D eigenvalue weighted by Gasteiger charge is -2.08. The molecule has 0 aliphatic carbocycles. The third-order valence-electron chi connectivity index (χ3n) is 2.43. The van der Waals surface area contributed by atoms with Crippen molar-refractivity contribution in [3.05, 3.63) is 51.2 Å². The third-order valence-corrected chi connectivity index (χ3v) is 3.48. The minimum Gasteiger partial charge on any atom is -0.479 e. The van der Waals surface area contributed by atoms with E-state index in [2.05, 4.69) is 4.74 Å². The zero-order chi connectivity index (χ0) is 14.9. The quantitative estimate of drug-likeness (QED) is 0.487. The van der Waals surface area contributed by atoms with Crippen LogP contribution in [0.15, 0.2) is 18.2 Å². The normalized spacial score (nSPS) is 10.7. The SMILES string of the molecule is Cc1ccc(C(=O)COc2c(F)c(F)cc(F)c2F)s1. The molecule has 0 saturated heterocycles. The summed E-state index contributed by atoms with van der Waals surface area (Å²) in [5, 5.41) is 0. The van der Waals surface area contributed by atoms with Crippen molar-refractivity contribution in [2.75, 3.05) is 6.61 Å². The monoisotopic (exact) mass is 304 g/mol. The summed E-state index contributed by atoms with van der Waals surface area (Å²) in [6.45, 7) is 1.07. The van der Waals surface area contributed by atoms with E-state index in [0.717, 1.165) is 4.88 Å². The van der Waals surface area contributed by atoms with Gasteiger partial charge in [0.25, 0.3) is 0 Å². The number of carbonyl (C=O) groups is 1. The van der Waals surface area contributed by atoms with Crippen molar-refractivity contribution in [3.63, 3.8) is 0 Å². The minimum absolute atomic E-state index is 0.0714. The van der Waals surface area contributed by atoms with Crippen molar-refractivity contribution in [1.82, 2.24) is 0 Å². The average molecular weight is 304 g/mol. The van der Waals surface area contributed by atoms with Crippen molar-refractivity contribution in [1.29, 1.82) is 0 Å². The van der Waals surface area contributed by atoms with E-state index in [9.17, 15) is 22.4 Å². The van der Waals surface area contributed by atoms with Crippen LogP contribution in [-0.2, 0) is 0 Å². The van der Waals surface area contributed by atoms with E-state index in [4.69, 9.17) is 0 Å². The van der Waals surface area contributed by atoms with E-state index in [1.165, 1.54) is 17.4 Å². The molecule has 0 amide bonds. The Morgan fingerprint density at radius 3 is 2.25 bits per heavy atom. The molecule has 7 heteroatoms. The van der Waals surface area contributed by atoms with Crippen LogP contribution in [0.25, 0.3) is 0 Å². The number of hydrogen-bond acceptors (Lipinski definition) is 3. The summed E-state index contributed by atoms with van der Waals surface area (Å²) in [6, 6.07) is 3.30. The van der Waals surface area contributed by atoms with Crippen LogP contribution in [0.5, 0.6) is 5.75 Å². The number of halogens is 4. The first-order valence-electron chi connectivity index (χ1n) is 5.45. The van der Waals surface area contributed by atoms with E-state index >= 15 is 0 Å². The molecular weight excluding hydrogens is 296 g/mol. The standard InChI is InChI=1S/C13H8F4O2S/c1-6-2-3-10(20-6)9(18)5-19-13-11(16)7(14)4-8(15)12(13)17/h2-4H,5H2,1H3. The smallest absolute Gasteiger partial charge is 0.210 e. The molecule has 1 aromatic carbocycles. The molecule has 0 N–H and O–H groups in total. The van der Waals surface area contributed by atoms with Gasteiger partial charge in [0.15, 0.2) is 24.0 Å². The van der Waals surface area contributed by atoms with Crippen LogP contribution in [0.2, 0.25) is 0 Å². The molecule has 0 radical (unpaired) electrons. The number of carbonyl (C=O) groups excluding carboxylic acids is 1. The predicted molar refractivity (Wildman–Crippen MR) is 65.2 cm³/mol. The lowest BCUT2D eigenvalue weighted by Crippen LogP contribution is -2.13. The van der Waals surface area contributed by atoms with Crippen LogP contribution in [0.1, 0.15) is 14.5 Å². The van der Waals surface area contributed by atoms with Gasteiger partial charge in [-0.25, -0.2) is 8.78 Å². The summed E-state index contributed by atoms with van der Waals surface area (Å²) in [7, 11) is 0. The Balaban J connectivity index is 2.17. The molecule has 0 atom stereocenters. The fraction of sp³-hybridized carbons (Fsp3) is 0.154. The topological polar surface area (TPSA) is 26.3 Å². The molecule has 2 nitrogen and oxygen atoms in total. The van der Waals surface area contributed by atoms with E-state index in [1.54, 1.807) is 13.0 Å². The first-order chi connectivity index (χ1) is 9.40. The molecule has 0 aliphatic heterocycles. The maximum Gasteiger partial charge on any atom is 0.210 e. The van der Waals surface area contributed by atoms with E-state index in [1.807, 2.05) is 0 Å². The summed E-state index contributed by atoms with van der Waals surface area (Å²) >= 11 is 1.18. The first-order valence-corrected chi connectivity index (χ1v) is 6.27. The van der Waals surface area contributed by atoms with Gasteiger partial charge in [-0.1, -0.05) is 0 Å². The Bertz CT molecular complexity index is 640. The molecule has 0 bridgehead atoms. The Hall–Kier alpha value is -1.89. The molecule has 0 unspecified atom stereocenters. The van der Waals surface area contributed by atoms with Crippen molar-refractivity contribution >= 4 is 17.1 Å². The molecule has 106 valence electrons. The lowest BCUT2D eigenvalue weighted by atomic mass is 10.3. The van der Waals surface area contributed by atoms with E-state index in [-0.39, 0.29) is 6.07 Å². The van der Waals surface area contributed by atoms with Gasteiger partial charge in [0.2, 0.25) is 17.4 Å².